The van der Waals surface area contributed by atoms with Crippen molar-refractivity contribution in [2.24, 2.45) is 0 Å². The normalized spacial score (nSPS) is 10.5. The first-order valence-electron chi connectivity index (χ1n) is 5.88. The molecule has 10 heteroatoms. The molecule has 0 bridgehead atoms. The van der Waals surface area contributed by atoms with Gasteiger partial charge in [0.05, 0.1) is 59.6 Å². The quantitative estimate of drug-likeness (QED) is 0.277. The van der Waals surface area contributed by atoms with Gasteiger partial charge in [0.1, 0.15) is 0 Å². The summed E-state index contributed by atoms with van der Waals surface area (Å²) in [5, 5.41) is 0. The number of carbonyl (C=O) groups excluding carboxylic acids is 2. The molecule has 0 saturated carbocycles. The Balaban J connectivity index is 1.86. The van der Waals surface area contributed by atoms with Crippen LogP contribution in [0.1, 0.15) is 19.3 Å². The molecule has 22 heavy (non-hydrogen) atoms. The van der Waals surface area contributed by atoms with E-state index in [1.54, 1.807) is 46.2 Å². The summed E-state index contributed by atoms with van der Waals surface area (Å²) < 4.78 is 15.4. The Kier molecular flexibility index (Phi) is 7.51. The molecule has 0 spiro atoms. The van der Waals surface area contributed by atoms with Gasteiger partial charge in [-0.2, -0.15) is 0 Å². The zero-order valence-electron chi connectivity index (χ0n) is 11.7. The van der Waals surface area contributed by atoms with Crippen molar-refractivity contribution >= 4 is 80.8 Å². The zero-order chi connectivity index (χ0) is 15.9. The molecule has 0 unspecified atom stereocenters. The highest BCUT2D eigenvalue weighted by Gasteiger charge is 2.26. The lowest BCUT2D eigenvalue weighted by Gasteiger charge is -1.97. The van der Waals surface area contributed by atoms with Crippen LogP contribution in [0.5, 0.6) is 0 Å². The Morgan fingerprint density at radius 2 is 1.36 bits per heavy atom. The summed E-state index contributed by atoms with van der Waals surface area (Å²) in [5.74, 6) is 1.14. The minimum atomic E-state index is -0.283. The molecule has 0 fully saturated rings. The van der Waals surface area contributed by atoms with Crippen LogP contribution in [-0.2, 0) is 9.47 Å². The number of methoxy groups -OCH3 is 2. The van der Waals surface area contributed by atoms with Crippen molar-refractivity contribution < 1.29 is 19.1 Å². The highest BCUT2D eigenvalue weighted by molar-refractivity contribution is 8.05. The number of hydrogen-bond acceptors (Lipinski definition) is 8. The molecule has 2 rings (SSSR count). The minimum absolute atomic E-state index is 0.283. The molecule has 2 aromatic heterocycles. The maximum Gasteiger partial charge on any atom is 0.375 e. The van der Waals surface area contributed by atoms with E-state index in [0.717, 1.165) is 19.9 Å². The van der Waals surface area contributed by atoms with Crippen molar-refractivity contribution in [3.8, 4) is 0 Å². The lowest BCUT2D eigenvalue weighted by molar-refractivity contribution is 0.0594. The third kappa shape index (κ3) is 4.62. The second-order valence-electron chi connectivity index (χ2n) is 3.58. The maximum absolute atomic E-state index is 11.6. The van der Waals surface area contributed by atoms with Gasteiger partial charge in [0.2, 0.25) is 17.8 Å². The van der Waals surface area contributed by atoms with E-state index in [0.29, 0.717) is 9.75 Å². The fraction of sp³-hybridized carbons (Fsp3) is 0.333. The Bertz CT molecular complexity index is 593. The smallest absolute Gasteiger partial charge is 0.375 e. The number of hydrogen-bond donors (Lipinski definition) is 0. The summed E-state index contributed by atoms with van der Waals surface area (Å²) in [6.45, 7) is 0. The van der Waals surface area contributed by atoms with E-state index < -0.39 is 0 Å². The molecule has 118 valence electrons. The molecule has 2 aromatic rings. The molecule has 0 aliphatic heterocycles. The summed E-state index contributed by atoms with van der Waals surface area (Å²) >= 11 is 9.20. The fourth-order valence-electron chi connectivity index (χ4n) is 1.35. The van der Waals surface area contributed by atoms with Crippen LogP contribution in [0.25, 0.3) is 0 Å². The van der Waals surface area contributed by atoms with Gasteiger partial charge in [0, 0.05) is 11.5 Å². The summed E-state index contributed by atoms with van der Waals surface area (Å²) in [6.07, 6.45) is 0. The summed E-state index contributed by atoms with van der Waals surface area (Å²) in [6, 6.07) is 0. The van der Waals surface area contributed by atoms with Gasteiger partial charge in [-0.1, -0.05) is 23.5 Å². The van der Waals surface area contributed by atoms with Crippen LogP contribution in [0.4, 0.5) is 0 Å². The standard InChI is InChI=1S/C12H12O4S6/c1-15-9(13)7-11(21-5-19-7)17-3-4-18-12-8(10(14)16-2)20-6-22-12/h5-6H,3-4H2,1-2H3/q+2. The van der Waals surface area contributed by atoms with Crippen LogP contribution in [-0.4, -0.2) is 37.7 Å². The third-order valence-corrected chi connectivity index (χ3v) is 9.70. The second kappa shape index (κ2) is 9.14. The highest BCUT2D eigenvalue weighted by Crippen LogP contribution is 2.36. The summed E-state index contributed by atoms with van der Waals surface area (Å²) in [5.41, 5.74) is 0. The van der Waals surface area contributed by atoms with Crippen molar-refractivity contribution in [3.05, 3.63) is 19.1 Å². The van der Waals surface area contributed by atoms with Crippen LogP contribution in [0.15, 0.2) is 17.8 Å². The average molecular weight is 413 g/mol. The lowest BCUT2D eigenvalue weighted by Crippen LogP contribution is -2.00. The Morgan fingerprint density at radius 3 is 1.73 bits per heavy atom. The molecule has 4 nitrogen and oxygen atoms in total. The van der Waals surface area contributed by atoms with E-state index in [-0.39, 0.29) is 11.9 Å². The van der Waals surface area contributed by atoms with Crippen LogP contribution in [0, 0.1) is 0 Å². The maximum atomic E-state index is 11.6. The molecule has 0 aliphatic carbocycles. The molecule has 0 aromatic carbocycles. The first-order chi connectivity index (χ1) is 10.7. The molecular formula is C12H12O4S6+2. The molecule has 2 heterocycles. The number of ether oxygens (including phenoxy) is 2. The number of rotatable bonds is 7. The van der Waals surface area contributed by atoms with Crippen LogP contribution < -0.4 is 0 Å². The van der Waals surface area contributed by atoms with Crippen molar-refractivity contribution in [1.29, 1.82) is 0 Å². The Labute approximate surface area is 152 Å². The van der Waals surface area contributed by atoms with Crippen LogP contribution in [0.2, 0.25) is 0 Å². The van der Waals surface area contributed by atoms with Crippen molar-refractivity contribution in [2.45, 2.75) is 8.42 Å². The minimum Gasteiger partial charge on any atom is -0.463 e. The van der Waals surface area contributed by atoms with E-state index in [2.05, 4.69) is 0 Å². The SMILES string of the molecule is COC(=O)c1sc[s+]c1SCCSc1[s+]csc1C(=O)OC. The zero-order valence-corrected chi connectivity index (χ0v) is 16.6. The number of carbonyl (C=O) groups is 2. The molecule has 0 aliphatic rings. The second-order valence-corrected chi connectivity index (χ2v) is 10.4. The largest absolute Gasteiger partial charge is 0.463 e. The van der Waals surface area contributed by atoms with Crippen molar-refractivity contribution in [2.75, 3.05) is 25.7 Å². The van der Waals surface area contributed by atoms with Gasteiger partial charge in [-0.25, -0.2) is 9.59 Å². The van der Waals surface area contributed by atoms with E-state index in [1.165, 1.54) is 36.9 Å². The summed E-state index contributed by atoms with van der Waals surface area (Å²) in [7, 11) is 2.78. The van der Waals surface area contributed by atoms with Crippen LogP contribution in [0.3, 0.4) is 0 Å². The monoisotopic (exact) mass is 412 g/mol. The number of thioether (sulfide) groups is 2. The van der Waals surface area contributed by atoms with Gasteiger partial charge in [-0.3, -0.25) is 0 Å². The fourth-order valence-corrected chi connectivity index (χ4v) is 8.57. The third-order valence-electron chi connectivity index (χ3n) is 2.30. The van der Waals surface area contributed by atoms with Crippen LogP contribution >= 0.6 is 68.9 Å². The molecule has 0 amide bonds. The lowest BCUT2D eigenvalue weighted by atomic mass is 10.6. The Hall–Kier alpha value is -0.260. The first-order valence-corrected chi connectivity index (χ1v) is 11.4. The van der Waals surface area contributed by atoms with Gasteiger partial charge in [-0.05, 0) is 0 Å². The molecule has 0 radical (unpaired) electrons. The summed E-state index contributed by atoms with van der Waals surface area (Å²) in [4.78, 5) is 24.5. The van der Waals surface area contributed by atoms with Gasteiger partial charge in [-0.15, -0.1) is 0 Å². The van der Waals surface area contributed by atoms with Gasteiger partial charge < -0.3 is 9.47 Å². The van der Waals surface area contributed by atoms with Crippen molar-refractivity contribution in [1.82, 2.24) is 0 Å². The predicted molar refractivity (Wildman–Crippen MR) is 97.3 cm³/mol. The molecular weight excluding hydrogens is 401 g/mol. The van der Waals surface area contributed by atoms with E-state index >= 15 is 0 Å². The number of esters is 2. The first kappa shape index (κ1) is 18.1. The molecule has 0 N–H and O–H groups in total. The van der Waals surface area contributed by atoms with Crippen molar-refractivity contribution in [3.63, 3.8) is 0 Å². The van der Waals surface area contributed by atoms with E-state index in [1.807, 2.05) is 9.39 Å². The molecule has 0 atom stereocenters. The van der Waals surface area contributed by atoms with E-state index in [9.17, 15) is 9.59 Å². The van der Waals surface area contributed by atoms with Gasteiger partial charge >= 0.3 is 11.9 Å². The Morgan fingerprint density at radius 1 is 0.955 bits per heavy atom. The topological polar surface area (TPSA) is 52.6 Å². The average Bonchev–Trinajstić information content (AvgIpc) is 3.19. The van der Waals surface area contributed by atoms with Gasteiger partial charge in [0.25, 0.3) is 9.75 Å². The highest BCUT2D eigenvalue weighted by atomic mass is 32.2. The van der Waals surface area contributed by atoms with Gasteiger partial charge in [0.15, 0.2) is 0 Å². The predicted octanol–water partition coefficient (Wildman–Crippen LogP) is 4.95. The molecule has 0 saturated heterocycles. The van der Waals surface area contributed by atoms with E-state index in [4.69, 9.17) is 9.47 Å².